The molecule has 0 bridgehead atoms. The first-order chi connectivity index (χ1) is 9.63. The van der Waals surface area contributed by atoms with E-state index < -0.39 is 0 Å². The maximum Gasteiger partial charge on any atom is 0.142 e. The summed E-state index contributed by atoms with van der Waals surface area (Å²) in [6, 6.07) is 11.7. The van der Waals surface area contributed by atoms with Crippen LogP contribution in [0.15, 0.2) is 48.7 Å². The number of nitrogens with zero attached hydrogens (tertiary/aromatic N) is 1. The molecule has 0 spiro atoms. The number of pyridine rings is 1. The number of benzene rings is 1. The SMILES string of the molecule is C=C(Nc1ccc(N)nc1C)C1Cc2ccccc2O1. The van der Waals surface area contributed by atoms with Crippen LogP contribution in [0.5, 0.6) is 5.75 Å². The number of hydrogen-bond acceptors (Lipinski definition) is 4. The van der Waals surface area contributed by atoms with E-state index in [1.165, 1.54) is 5.56 Å². The van der Waals surface area contributed by atoms with Crippen LogP contribution in [0.1, 0.15) is 11.3 Å². The summed E-state index contributed by atoms with van der Waals surface area (Å²) in [7, 11) is 0. The second-order valence-corrected chi connectivity index (χ2v) is 4.94. The fourth-order valence-corrected chi connectivity index (χ4v) is 2.34. The van der Waals surface area contributed by atoms with E-state index in [1.54, 1.807) is 6.07 Å². The van der Waals surface area contributed by atoms with E-state index in [0.29, 0.717) is 5.82 Å². The Kier molecular flexibility index (Phi) is 3.06. The monoisotopic (exact) mass is 267 g/mol. The van der Waals surface area contributed by atoms with Crippen molar-refractivity contribution in [2.45, 2.75) is 19.4 Å². The minimum absolute atomic E-state index is 0.0515. The summed E-state index contributed by atoms with van der Waals surface area (Å²) < 4.78 is 5.90. The standard InChI is InChI=1S/C16H17N3O/c1-10-13(7-8-16(17)19-10)18-11(2)15-9-12-5-3-4-6-14(12)20-15/h3-8,15,18H,2,9H2,1H3,(H2,17,19). The van der Waals surface area contributed by atoms with Gasteiger partial charge in [-0.25, -0.2) is 4.98 Å². The smallest absolute Gasteiger partial charge is 0.142 e. The first kappa shape index (κ1) is 12.5. The van der Waals surface area contributed by atoms with Crippen molar-refractivity contribution in [3.8, 4) is 5.75 Å². The molecule has 3 N–H and O–H groups in total. The van der Waals surface area contributed by atoms with E-state index in [-0.39, 0.29) is 6.10 Å². The van der Waals surface area contributed by atoms with Gasteiger partial charge >= 0.3 is 0 Å². The number of anilines is 2. The Morgan fingerprint density at radius 3 is 2.90 bits per heavy atom. The number of rotatable bonds is 3. The summed E-state index contributed by atoms with van der Waals surface area (Å²) in [6.07, 6.45) is 0.785. The van der Waals surface area contributed by atoms with Gasteiger partial charge in [-0.05, 0) is 30.7 Å². The molecule has 1 aromatic heterocycles. The summed E-state index contributed by atoms with van der Waals surface area (Å²) in [6.45, 7) is 6.00. The van der Waals surface area contributed by atoms with Crippen LogP contribution in [0.3, 0.4) is 0 Å². The number of para-hydroxylation sites is 1. The van der Waals surface area contributed by atoms with E-state index in [0.717, 1.165) is 29.2 Å². The summed E-state index contributed by atoms with van der Waals surface area (Å²) >= 11 is 0. The Morgan fingerprint density at radius 1 is 1.35 bits per heavy atom. The fourth-order valence-electron chi connectivity index (χ4n) is 2.34. The van der Waals surface area contributed by atoms with Crippen LogP contribution in [0.25, 0.3) is 0 Å². The van der Waals surface area contributed by atoms with Gasteiger partial charge in [0.25, 0.3) is 0 Å². The van der Waals surface area contributed by atoms with Crippen LogP contribution in [-0.4, -0.2) is 11.1 Å². The lowest BCUT2D eigenvalue weighted by Crippen LogP contribution is -2.21. The van der Waals surface area contributed by atoms with Gasteiger partial charge in [0.05, 0.1) is 11.4 Å². The average Bonchev–Trinajstić information content (AvgIpc) is 2.86. The molecule has 102 valence electrons. The molecule has 2 heterocycles. The van der Waals surface area contributed by atoms with Gasteiger partial charge in [-0.2, -0.15) is 0 Å². The number of aromatic nitrogens is 1. The second-order valence-electron chi connectivity index (χ2n) is 4.94. The summed E-state index contributed by atoms with van der Waals surface area (Å²) in [4.78, 5) is 4.23. The first-order valence-corrected chi connectivity index (χ1v) is 6.57. The van der Waals surface area contributed by atoms with Crippen LogP contribution < -0.4 is 15.8 Å². The zero-order valence-electron chi connectivity index (χ0n) is 11.4. The van der Waals surface area contributed by atoms with Gasteiger partial charge in [0.2, 0.25) is 0 Å². The largest absolute Gasteiger partial charge is 0.484 e. The molecule has 1 aliphatic heterocycles. The molecule has 1 aliphatic rings. The average molecular weight is 267 g/mol. The summed E-state index contributed by atoms with van der Waals surface area (Å²) in [5.74, 6) is 1.45. The van der Waals surface area contributed by atoms with Crippen molar-refractivity contribution in [2.75, 3.05) is 11.1 Å². The number of fused-ring (bicyclic) bond motifs is 1. The summed E-state index contributed by atoms with van der Waals surface area (Å²) in [5.41, 5.74) is 9.45. The number of ether oxygens (including phenoxy) is 1. The number of nitrogens with one attached hydrogen (secondary N) is 1. The van der Waals surface area contributed by atoms with Crippen molar-refractivity contribution in [2.24, 2.45) is 0 Å². The third-order valence-electron chi connectivity index (χ3n) is 3.44. The molecular formula is C16H17N3O. The van der Waals surface area contributed by atoms with Gasteiger partial charge in [-0.1, -0.05) is 24.8 Å². The lowest BCUT2D eigenvalue weighted by Gasteiger charge is -2.17. The molecule has 0 aliphatic carbocycles. The van der Waals surface area contributed by atoms with Crippen molar-refractivity contribution in [3.63, 3.8) is 0 Å². The van der Waals surface area contributed by atoms with Gasteiger partial charge in [-0.3, -0.25) is 0 Å². The highest BCUT2D eigenvalue weighted by molar-refractivity contribution is 5.55. The van der Waals surface area contributed by atoms with E-state index in [2.05, 4.69) is 22.9 Å². The Bertz CT molecular complexity index is 642. The Balaban J connectivity index is 1.72. The van der Waals surface area contributed by atoms with Gasteiger partial charge in [0.1, 0.15) is 17.7 Å². The predicted octanol–water partition coefficient (Wildman–Crippen LogP) is 2.90. The number of nitrogens with two attached hydrogens (primary N) is 1. The van der Waals surface area contributed by atoms with Gasteiger partial charge < -0.3 is 15.8 Å². The molecule has 1 atom stereocenters. The molecule has 2 aromatic rings. The van der Waals surface area contributed by atoms with Crippen molar-refractivity contribution in [1.82, 2.24) is 4.98 Å². The van der Waals surface area contributed by atoms with Gasteiger partial charge in [-0.15, -0.1) is 0 Å². The fraction of sp³-hybridized carbons (Fsp3) is 0.188. The minimum atomic E-state index is -0.0515. The molecule has 3 rings (SSSR count). The lowest BCUT2D eigenvalue weighted by atomic mass is 10.1. The van der Waals surface area contributed by atoms with E-state index in [9.17, 15) is 0 Å². The predicted molar refractivity (Wildman–Crippen MR) is 80.7 cm³/mol. The van der Waals surface area contributed by atoms with Crippen LogP contribution in [0.2, 0.25) is 0 Å². The Hall–Kier alpha value is -2.49. The van der Waals surface area contributed by atoms with Crippen molar-refractivity contribution in [1.29, 1.82) is 0 Å². The van der Waals surface area contributed by atoms with E-state index >= 15 is 0 Å². The Morgan fingerprint density at radius 2 is 2.15 bits per heavy atom. The molecule has 1 aromatic carbocycles. The number of aryl methyl sites for hydroxylation is 1. The molecule has 0 saturated heterocycles. The highest BCUT2D eigenvalue weighted by Crippen LogP contribution is 2.31. The molecule has 4 heteroatoms. The molecule has 4 nitrogen and oxygen atoms in total. The number of hydrogen-bond donors (Lipinski definition) is 2. The van der Waals surface area contributed by atoms with Crippen LogP contribution in [-0.2, 0) is 6.42 Å². The molecule has 0 saturated carbocycles. The number of nitrogen functional groups attached to an aromatic ring is 1. The second kappa shape index (κ2) is 4.89. The Labute approximate surface area is 118 Å². The van der Waals surface area contributed by atoms with Gasteiger partial charge in [0.15, 0.2) is 0 Å². The van der Waals surface area contributed by atoms with Crippen LogP contribution in [0, 0.1) is 6.92 Å². The van der Waals surface area contributed by atoms with Crippen molar-refractivity contribution < 1.29 is 4.74 Å². The highest BCUT2D eigenvalue weighted by Gasteiger charge is 2.25. The van der Waals surface area contributed by atoms with Crippen molar-refractivity contribution >= 4 is 11.5 Å². The molecular weight excluding hydrogens is 250 g/mol. The first-order valence-electron chi connectivity index (χ1n) is 6.57. The highest BCUT2D eigenvalue weighted by atomic mass is 16.5. The molecule has 0 amide bonds. The van der Waals surface area contributed by atoms with E-state index in [4.69, 9.17) is 10.5 Å². The minimum Gasteiger partial charge on any atom is -0.484 e. The van der Waals surface area contributed by atoms with Crippen molar-refractivity contribution in [3.05, 3.63) is 59.9 Å². The van der Waals surface area contributed by atoms with Gasteiger partial charge in [0, 0.05) is 12.1 Å². The molecule has 1 unspecified atom stereocenters. The molecule has 20 heavy (non-hydrogen) atoms. The maximum atomic E-state index is 5.90. The third-order valence-corrected chi connectivity index (χ3v) is 3.44. The van der Waals surface area contributed by atoms with Crippen LogP contribution >= 0.6 is 0 Å². The third kappa shape index (κ3) is 2.32. The topological polar surface area (TPSA) is 60.2 Å². The molecule has 0 radical (unpaired) electrons. The summed E-state index contributed by atoms with van der Waals surface area (Å²) in [5, 5.41) is 3.28. The normalized spacial score (nSPS) is 16.4. The zero-order chi connectivity index (χ0) is 14.1. The quantitative estimate of drug-likeness (QED) is 0.897. The maximum absolute atomic E-state index is 5.90. The van der Waals surface area contributed by atoms with Crippen LogP contribution in [0.4, 0.5) is 11.5 Å². The van der Waals surface area contributed by atoms with E-state index in [1.807, 2.05) is 31.2 Å². The molecule has 0 fully saturated rings. The lowest BCUT2D eigenvalue weighted by molar-refractivity contribution is 0.272. The zero-order valence-corrected chi connectivity index (χ0v) is 11.4.